The summed E-state index contributed by atoms with van der Waals surface area (Å²) in [6, 6.07) is -0.821. The average Bonchev–Trinajstić information content (AvgIpc) is 2.18. The maximum Gasteiger partial charge on any atom is 0.109 e. The molecule has 80 valence electrons. The topological polar surface area (TPSA) is 119 Å². The predicted molar refractivity (Wildman–Crippen MR) is 46.4 cm³/mol. The van der Waals surface area contributed by atoms with E-state index in [0.717, 1.165) is 0 Å². The molecule has 1 fully saturated rings. The molecular formula is C7H13N3O4. The lowest BCUT2D eigenvalue weighted by molar-refractivity contribution is -0.183. The first kappa shape index (κ1) is 11.2. The molecule has 0 radical (unpaired) electrons. The van der Waals surface area contributed by atoms with E-state index in [-0.39, 0.29) is 6.61 Å². The Bertz CT molecular complexity index is 243. The second kappa shape index (κ2) is 4.59. The fourth-order valence-corrected chi connectivity index (χ4v) is 1.51. The summed E-state index contributed by atoms with van der Waals surface area (Å²) in [4.78, 5) is 2.56. The van der Waals surface area contributed by atoms with Crippen molar-refractivity contribution in [1.82, 2.24) is 0 Å². The molecule has 0 aromatic heterocycles. The van der Waals surface area contributed by atoms with Gasteiger partial charge in [0.05, 0.1) is 24.9 Å². The highest BCUT2D eigenvalue weighted by Gasteiger charge is 2.41. The molecule has 7 nitrogen and oxygen atoms in total. The van der Waals surface area contributed by atoms with Crippen LogP contribution in [0.5, 0.6) is 0 Å². The van der Waals surface area contributed by atoms with Gasteiger partial charge in [0, 0.05) is 4.91 Å². The molecule has 5 unspecified atom stereocenters. The zero-order valence-electron chi connectivity index (χ0n) is 7.69. The Morgan fingerprint density at radius 2 is 2.07 bits per heavy atom. The fraction of sp³-hybridized carbons (Fsp3) is 1.00. The monoisotopic (exact) mass is 203 g/mol. The number of aliphatic hydroxyl groups is 3. The molecule has 14 heavy (non-hydrogen) atoms. The van der Waals surface area contributed by atoms with Crippen LogP contribution in [0.4, 0.5) is 0 Å². The summed E-state index contributed by atoms with van der Waals surface area (Å²) in [7, 11) is 0. The van der Waals surface area contributed by atoms with Crippen molar-refractivity contribution in [1.29, 1.82) is 0 Å². The predicted octanol–water partition coefficient (Wildman–Crippen LogP) is -0.833. The Hall–Kier alpha value is -0.850. The highest BCUT2D eigenvalue weighted by atomic mass is 16.5. The van der Waals surface area contributed by atoms with E-state index in [1.54, 1.807) is 6.92 Å². The Labute approximate surface area is 80.6 Å². The summed E-state index contributed by atoms with van der Waals surface area (Å²) in [6.07, 6.45) is -3.79. The molecule has 1 heterocycles. The standard InChI is InChI=1S/C7H13N3O4/c1-3-5(9-10-8)7(13)6(12)4(2-11)14-3/h3-7,11-13H,2H2,1H3. The lowest BCUT2D eigenvalue weighted by atomic mass is 9.94. The summed E-state index contributed by atoms with van der Waals surface area (Å²) in [5.74, 6) is 0. The van der Waals surface area contributed by atoms with Crippen molar-refractivity contribution >= 4 is 0 Å². The minimum atomic E-state index is -1.23. The van der Waals surface area contributed by atoms with E-state index >= 15 is 0 Å². The van der Waals surface area contributed by atoms with E-state index in [9.17, 15) is 10.2 Å². The van der Waals surface area contributed by atoms with Crippen LogP contribution in [0.25, 0.3) is 10.4 Å². The zero-order valence-corrected chi connectivity index (χ0v) is 7.69. The van der Waals surface area contributed by atoms with Crippen molar-refractivity contribution in [3.8, 4) is 0 Å². The normalized spacial score (nSPS) is 43.0. The molecule has 1 saturated heterocycles. The van der Waals surface area contributed by atoms with E-state index in [2.05, 4.69) is 10.0 Å². The summed E-state index contributed by atoms with van der Waals surface area (Å²) >= 11 is 0. The third-order valence-electron chi connectivity index (χ3n) is 2.32. The molecule has 3 N–H and O–H groups in total. The van der Waals surface area contributed by atoms with Crippen molar-refractivity contribution in [2.45, 2.75) is 37.4 Å². The van der Waals surface area contributed by atoms with Gasteiger partial charge in [-0.15, -0.1) is 0 Å². The first-order valence-corrected chi connectivity index (χ1v) is 4.28. The smallest absolute Gasteiger partial charge is 0.109 e. The molecule has 1 aliphatic heterocycles. The third-order valence-corrected chi connectivity index (χ3v) is 2.32. The molecule has 0 aliphatic carbocycles. The van der Waals surface area contributed by atoms with E-state index < -0.39 is 30.5 Å². The van der Waals surface area contributed by atoms with E-state index in [1.165, 1.54) is 0 Å². The largest absolute Gasteiger partial charge is 0.394 e. The molecule has 0 aromatic rings. The Morgan fingerprint density at radius 1 is 1.43 bits per heavy atom. The van der Waals surface area contributed by atoms with Crippen molar-refractivity contribution < 1.29 is 20.1 Å². The molecule has 0 saturated carbocycles. The Kier molecular flexibility index (Phi) is 3.68. The molecule has 0 bridgehead atoms. The van der Waals surface area contributed by atoms with Crippen molar-refractivity contribution in [2.75, 3.05) is 6.61 Å². The number of rotatable bonds is 2. The van der Waals surface area contributed by atoms with Gasteiger partial charge in [-0.2, -0.15) is 0 Å². The van der Waals surface area contributed by atoms with Crippen molar-refractivity contribution in [2.24, 2.45) is 5.11 Å². The molecule has 1 aliphatic rings. The zero-order chi connectivity index (χ0) is 10.7. The molecule has 0 amide bonds. The first-order valence-electron chi connectivity index (χ1n) is 4.28. The van der Waals surface area contributed by atoms with Gasteiger partial charge in [-0.1, -0.05) is 5.11 Å². The lowest BCUT2D eigenvalue weighted by Gasteiger charge is -2.39. The van der Waals surface area contributed by atoms with Crippen LogP contribution in [-0.4, -0.2) is 52.4 Å². The first-order chi connectivity index (χ1) is 6.61. The fourth-order valence-electron chi connectivity index (χ4n) is 1.51. The van der Waals surface area contributed by atoms with Crippen LogP contribution in [0.2, 0.25) is 0 Å². The molecule has 0 aromatic carbocycles. The van der Waals surface area contributed by atoms with Crippen molar-refractivity contribution in [3.05, 3.63) is 10.4 Å². The Balaban J connectivity index is 2.78. The van der Waals surface area contributed by atoms with Gasteiger partial charge in [0.1, 0.15) is 12.2 Å². The van der Waals surface area contributed by atoms with Gasteiger partial charge in [0.15, 0.2) is 0 Å². The van der Waals surface area contributed by atoms with Gasteiger partial charge in [-0.3, -0.25) is 0 Å². The quantitative estimate of drug-likeness (QED) is 0.308. The number of hydrogen-bond acceptors (Lipinski definition) is 5. The van der Waals surface area contributed by atoms with Crippen LogP contribution in [-0.2, 0) is 4.74 Å². The summed E-state index contributed by atoms with van der Waals surface area (Å²) < 4.78 is 5.16. The highest BCUT2D eigenvalue weighted by molar-refractivity contribution is 4.94. The number of nitrogens with zero attached hydrogens (tertiary/aromatic N) is 3. The van der Waals surface area contributed by atoms with Crippen LogP contribution in [0, 0.1) is 0 Å². The maximum atomic E-state index is 9.53. The lowest BCUT2D eigenvalue weighted by Crippen LogP contribution is -2.56. The van der Waals surface area contributed by atoms with Crippen LogP contribution < -0.4 is 0 Å². The maximum absolute atomic E-state index is 9.53. The van der Waals surface area contributed by atoms with Gasteiger partial charge < -0.3 is 20.1 Å². The second-order valence-electron chi connectivity index (χ2n) is 3.24. The van der Waals surface area contributed by atoms with E-state index in [0.29, 0.717) is 0 Å². The number of azide groups is 1. The van der Waals surface area contributed by atoms with Crippen LogP contribution in [0.1, 0.15) is 6.92 Å². The second-order valence-corrected chi connectivity index (χ2v) is 3.24. The minimum Gasteiger partial charge on any atom is -0.394 e. The van der Waals surface area contributed by atoms with Crippen LogP contribution in [0.15, 0.2) is 5.11 Å². The molecule has 1 rings (SSSR count). The summed E-state index contributed by atoms with van der Waals surface area (Å²) in [5.41, 5.74) is 8.22. The summed E-state index contributed by atoms with van der Waals surface area (Å²) in [5, 5.41) is 31.1. The SMILES string of the molecule is CC1OC(CO)C(O)C(O)C1N=[N+]=[N-]. The Morgan fingerprint density at radius 3 is 2.57 bits per heavy atom. The van der Waals surface area contributed by atoms with E-state index in [1.807, 2.05) is 0 Å². The minimum absolute atomic E-state index is 0.383. The summed E-state index contributed by atoms with van der Waals surface area (Å²) in [6.45, 7) is 1.22. The van der Waals surface area contributed by atoms with Crippen molar-refractivity contribution in [3.63, 3.8) is 0 Å². The van der Waals surface area contributed by atoms with E-state index in [4.69, 9.17) is 15.4 Å². The van der Waals surface area contributed by atoms with Gasteiger partial charge in [-0.25, -0.2) is 0 Å². The number of aliphatic hydroxyl groups excluding tert-OH is 3. The van der Waals surface area contributed by atoms with Gasteiger partial charge in [-0.05, 0) is 12.5 Å². The number of ether oxygens (including phenoxy) is 1. The average molecular weight is 203 g/mol. The van der Waals surface area contributed by atoms with Crippen LogP contribution >= 0.6 is 0 Å². The van der Waals surface area contributed by atoms with Gasteiger partial charge >= 0.3 is 0 Å². The van der Waals surface area contributed by atoms with Crippen LogP contribution in [0.3, 0.4) is 0 Å². The molecular weight excluding hydrogens is 190 g/mol. The molecule has 7 heteroatoms. The van der Waals surface area contributed by atoms with Gasteiger partial charge in [0.2, 0.25) is 0 Å². The molecule has 5 atom stereocenters. The number of hydrogen-bond donors (Lipinski definition) is 3. The van der Waals surface area contributed by atoms with Gasteiger partial charge in [0.25, 0.3) is 0 Å². The molecule has 0 spiro atoms. The highest BCUT2D eigenvalue weighted by Crippen LogP contribution is 2.23. The third kappa shape index (κ3) is 1.97.